The molecule has 0 atom stereocenters. The van der Waals surface area contributed by atoms with Crippen molar-refractivity contribution in [2.45, 2.75) is 0 Å². The van der Waals surface area contributed by atoms with Crippen LogP contribution >= 0.6 is 23.2 Å². The molecule has 0 spiro atoms. The Hall–Kier alpha value is -0.710. The first-order valence-corrected chi connectivity index (χ1v) is 5.35. The maximum absolute atomic E-state index is 11.9. The summed E-state index contributed by atoms with van der Waals surface area (Å²) < 4.78 is 6.50. The SMILES string of the molecule is O=C(N1CCOCC1)n1ccc(Cl)c1Cl. The van der Waals surface area contributed by atoms with E-state index in [4.69, 9.17) is 27.9 Å². The van der Waals surface area contributed by atoms with Gasteiger partial charge in [-0.25, -0.2) is 4.79 Å². The van der Waals surface area contributed by atoms with Gasteiger partial charge in [-0.15, -0.1) is 0 Å². The maximum atomic E-state index is 11.9. The van der Waals surface area contributed by atoms with Crippen molar-refractivity contribution in [3.8, 4) is 0 Å². The third-order valence-electron chi connectivity index (χ3n) is 2.27. The standard InChI is InChI=1S/C9H10Cl2N2O2/c10-7-1-2-13(8(7)11)9(14)12-3-5-15-6-4-12/h1-2H,3-6H2. The number of halogens is 2. The second-order valence-corrected chi connectivity index (χ2v) is 3.97. The van der Waals surface area contributed by atoms with E-state index in [9.17, 15) is 4.79 Å². The van der Waals surface area contributed by atoms with Crippen LogP contribution in [0.3, 0.4) is 0 Å². The van der Waals surface area contributed by atoms with Crippen molar-refractivity contribution in [2.75, 3.05) is 26.3 Å². The molecule has 1 aromatic rings. The molecular weight excluding hydrogens is 239 g/mol. The molecule has 4 nitrogen and oxygen atoms in total. The van der Waals surface area contributed by atoms with Crippen LogP contribution in [-0.2, 0) is 4.74 Å². The zero-order valence-electron chi connectivity index (χ0n) is 7.95. The number of hydrogen-bond acceptors (Lipinski definition) is 2. The Morgan fingerprint density at radius 2 is 2.00 bits per heavy atom. The fraction of sp³-hybridized carbons (Fsp3) is 0.444. The predicted octanol–water partition coefficient (Wildman–Crippen LogP) is 2.10. The second-order valence-electron chi connectivity index (χ2n) is 3.21. The number of aromatic nitrogens is 1. The van der Waals surface area contributed by atoms with E-state index < -0.39 is 0 Å². The molecule has 1 saturated heterocycles. The van der Waals surface area contributed by atoms with Gasteiger partial charge in [0, 0.05) is 19.3 Å². The summed E-state index contributed by atoms with van der Waals surface area (Å²) in [6.45, 7) is 2.31. The summed E-state index contributed by atoms with van der Waals surface area (Å²) in [4.78, 5) is 13.6. The molecule has 15 heavy (non-hydrogen) atoms. The van der Waals surface area contributed by atoms with Crippen LogP contribution in [0.5, 0.6) is 0 Å². The molecule has 0 aliphatic carbocycles. The van der Waals surface area contributed by atoms with E-state index in [1.807, 2.05) is 0 Å². The normalized spacial score (nSPS) is 16.8. The van der Waals surface area contributed by atoms with Gasteiger partial charge < -0.3 is 9.64 Å². The van der Waals surface area contributed by atoms with E-state index in [1.54, 1.807) is 17.2 Å². The van der Waals surface area contributed by atoms with E-state index in [2.05, 4.69) is 0 Å². The summed E-state index contributed by atoms with van der Waals surface area (Å²) in [5.41, 5.74) is 0. The lowest BCUT2D eigenvalue weighted by Crippen LogP contribution is -2.42. The number of carbonyl (C=O) groups is 1. The van der Waals surface area contributed by atoms with Gasteiger partial charge in [-0.1, -0.05) is 23.2 Å². The van der Waals surface area contributed by atoms with Crippen LogP contribution in [0.15, 0.2) is 12.3 Å². The molecule has 0 radical (unpaired) electrons. The maximum Gasteiger partial charge on any atom is 0.329 e. The van der Waals surface area contributed by atoms with E-state index in [-0.39, 0.29) is 11.2 Å². The largest absolute Gasteiger partial charge is 0.378 e. The molecule has 1 fully saturated rings. The Kier molecular flexibility index (Phi) is 3.19. The molecule has 1 aromatic heterocycles. The summed E-state index contributed by atoms with van der Waals surface area (Å²) >= 11 is 11.6. The van der Waals surface area contributed by atoms with E-state index in [0.717, 1.165) is 0 Å². The van der Waals surface area contributed by atoms with Gasteiger partial charge in [0.25, 0.3) is 0 Å². The fourth-order valence-corrected chi connectivity index (χ4v) is 1.78. The molecule has 0 bridgehead atoms. The third-order valence-corrected chi connectivity index (χ3v) is 3.05. The molecule has 0 saturated carbocycles. The van der Waals surface area contributed by atoms with Gasteiger partial charge in [0.1, 0.15) is 5.15 Å². The average molecular weight is 249 g/mol. The van der Waals surface area contributed by atoms with Crippen molar-refractivity contribution in [3.63, 3.8) is 0 Å². The molecule has 0 unspecified atom stereocenters. The summed E-state index contributed by atoms with van der Waals surface area (Å²) in [7, 11) is 0. The molecular formula is C9H10Cl2N2O2. The van der Waals surface area contributed by atoms with Crippen LogP contribution in [-0.4, -0.2) is 41.8 Å². The van der Waals surface area contributed by atoms with Crippen molar-refractivity contribution in [3.05, 3.63) is 22.4 Å². The van der Waals surface area contributed by atoms with Crippen molar-refractivity contribution in [1.82, 2.24) is 9.47 Å². The molecule has 0 aromatic carbocycles. The highest BCUT2D eigenvalue weighted by Gasteiger charge is 2.20. The lowest BCUT2D eigenvalue weighted by Gasteiger charge is -2.27. The molecule has 6 heteroatoms. The third kappa shape index (κ3) is 2.12. The van der Waals surface area contributed by atoms with Crippen LogP contribution in [0.1, 0.15) is 0 Å². The first-order valence-electron chi connectivity index (χ1n) is 4.59. The molecule has 1 aliphatic rings. The lowest BCUT2D eigenvalue weighted by molar-refractivity contribution is 0.0536. The number of nitrogens with zero attached hydrogens (tertiary/aromatic N) is 2. The Labute approximate surface area is 97.3 Å². The monoisotopic (exact) mass is 248 g/mol. The van der Waals surface area contributed by atoms with Crippen LogP contribution in [0.4, 0.5) is 4.79 Å². The molecule has 2 rings (SSSR count). The number of amides is 1. The van der Waals surface area contributed by atoms with Crippen molar-refractivity contribution in [1.29, 1.82) is 0 Å². The molecule has 2 heterocycles. The van der Waals surface area contributed by atoms with E-state index >= 15 is 0 Å². The van der Waals surface area contributed by atoms with Gasteiger partial charge >= 0.3 is 6.03 Å². The minimum Gasteiger partial charge on any atom is -0.378 e. The highest BCUT2D eigenvalue weighted by Crippen LogP contribution is 2.23. The van der Waals surface area contributed by atoms with Gasteiger partial charge in [0.05, 0.1) is 18.2 Å². The second kappa shape index (κ2) is 4.43. The van der Waals surface area contributed by atoms with Crippen LogP contribution in [0.25, 0.3) is 0 Å². The van der Waals surface area contributed by atoms with Gasteiger partial charge in [-0.3, -0.25) is 4.57 Å². The zero-order chi connectivity index (χ0) is 10.8. The zero-order valence-corrected chi connectivity index (χ0v) is 9.46. The lowest BCUT2D eigenvalue weighted by atomic mass is 10.4. The topological polar surface area (TPSA) is 34.5 Å². The quantitative estimate of drug-likeness (QED) is 0.705. The smallest absolute Gasteiger partial charge is 0.329 e. The average Bonchev–Trinajstić information content (AvgIpc) is 2.60. The first kappa shape index (κ1) is 10.8. The van der Waals surface area contributed by atoms with Crippen molar-refractivity contribution >= 4 is 29.2 Å². The first-order chi connectivity index (χ1) is 7.20. The number of hydrogen-bond donors (Lipinski definition) is 0. The number of ether oxygens (including phenoxy) is 1. The minimum atomic E-state index is -0.157. The van der Waals surface area contributed by atoms with E-state index in [0.29, 0.717) is 31.3 Å². The summed E-state index contributed by atoms with van der Waals surface area (Å²) in [6, 6.07) is 1.44. The highest BCUT2D eigenvalue weighted by molar-refractivity contribution is 6.42. The Bertz CT molecular complexity index is 372. The summed E-state index contributed by atoms with van der Waals surface area (Å²) in [6.07, 6.45) is 1.57. The number of carbonyl (C=O) groups excluding carboxylic acids is 1. The molecule has 1 amide bonds. The van der Waals surface area contributed by atoms with Crippen LogP contribution < -0.4 is 0 Å². The minimum absolute atomic E-state index is 0.157. The summed E-state index contributed by atoms with van der Waals surface area (Å²) in [5, 5.41) is 0.645. The molecule has 0 N–H and O–H groups in total. The highest BCUT2D eigenvalue weighted by atomic mass is 35.5. The van der Waals surface area contributed by atoms with E-state index in [1.165, 1.54) is 4.57 Å². The van der Waals surface area contributed by atoms with Crippen LogP contribution in [0.2, 0.25) is 10.2 Å². The van der Waals surface area contributed by atoms with Gasteiger partial charge in [0.2, 0.25) is 0 Å². The van der Waals surface area contributed by atoms with Crippen molar-refractivity contribution < 1.29 is 9.53 Å². The Balaban J connectivity index is 2.16. The number of morpholine rings is 1. The Morgan fingerprint density at radius 3 is 2.53 bits per heavy atom. The number of rotatable bonds is 0. The van der Waals surface area contributed by atoms with Gasteiger partial charge in [-0.05, 0) is 6.07 Å². The Morgan fingerprint density at radius 1 is 1.33 bits per heavy atom. The molecule has 82 valence electrons. The predicted molar refractivity (Wildman–Crippen MR) is 57.6 cm³/mol. The van der Waals surface area contributed by atoms with Crippen LogP contribution in [0, 0.1) is 0 Å². The van der Waals surface area contributed by atoms with Gasteiger partial charge in [-0.2, -0.15) is 0 Å². The molecule has 1 aliphatic heterocycles. The summed E-state index contributed by atoms with van der Waals surface area (Å²) in [5.74, 6) is 0. The van der Waals surface area contributed by atoms with Gasteiger partial charge in [0.15, 0.2) is 0 Å². The van der Waals surface area contributed by atoms with Crippen molar-refractivity contribution in [2.24, 2.45) is 0 Å². The fourth-order valence-electron chi connectivity index (χ4n) is 1.44.